The van der Waals surface area contributed by atoms with Crippen molar-refractivity contribution in [3.63, 3.8) is 0 Å². The second kappa shape index (κ2) is 3.16. The van der Waals surface area contributed by atoms with Gasteiger partial charge in [-0.3, -0.25) is 0 Å². The Bertz CT molecular complexity index is 260. The van der Waals surface area contributed by atoms with Crippen molar-refractivity contribution in [2.24, 2.45) is 5.73 Å². The van der Waals surface area contributed by atoms with Crippen molar-refractivity contribution in [3.05, 3.63) is 29.8 Å². The molecule has 4 N–H and O–H groups in total. The smallest absolute Gasteiger partial charge is 0.141 e. The van der Waals surface area contributed by atoms with E-state index in [0.29, 0.717) is 12.0 Å². The molecule has 0 heterocycles. The van der Waals surface area contributed by atoms with Gasteiger partial charge in [-0.15, -0.1) is 0 Å². The summed E-state index contributed by atoms with van der Waals surface area (Å²) in [5.41, 5.74) is 12.3. The van der Waals surface area contributed by atoms with E-state index in [2.05, 4.69) is 0 Å². The number of carbonyl (C=O) groups is 1. The predicted octanol–water partition coefficient (Wildman–Crippen LogP) is 0.467. The van der Waals surface area contributed by atoms with Crippen molar-refractivity contribution in [1.82, 2.24) is 0 Å². The molecule has 1 aromatic carbocycles. The summed E-state index contributed by atoms with van der Waals surface area (Å²) in [6.45, 7) is 0. The van der Waals surface area contributed by atoms with Crippen LogP contribution in [0.15, 0.2) is 24.3 Å². The van der Waals surface area contributed by atoms with Crippen LogP contribution in [0.1, 0.15) is 11.6 Å². The number of nitrogens with two attached hydrogens (primary N) is 2. The van der Waals surface area contributed by atoms with Crippen LogP contribution in [-0.4, -0.2) is 6.29 Å². The van der Waals surface area contributed by atoms with E-state index in [9.17, 15) is 4.79 Å². The van der Waals surface area contributed by atoms with Crippen LogP contribution in [0.5, 0.6) is 0 Å². The molecule has 11 heavy (non-hydrogen) atoms. The number of aldehydes is 1. The molecule has 0 spiro atoms. The van der Waals surface area contributed by atoms with Gasteiger partial charge >= 0.3 is 0 Å². The number of rotatable bonds is 2. The Labute approximate surface area is 65.0 Å². The highest BCUT2D eigenvalue weighted by atomic mass is 16.1. The summed E-state index contributed by atoms with van der Waals surface area (Å²) in [4.78, 5) is 10.3. The summed E-state index contributed by atoms with van der Waals surface area (Å²) in [6, 6.07) is 6.43. The molecule has 0 radical (unpaired) electrons. The van der Waals surface area contributed by atoms with E-state index in [1.165, 1.54) is 0 Å². The highest BCUT2D eigenvalue weighted by molar-refractivity contribution is 5.62. The van der Waals surface area contributed by atoms with Crippen molar-refractivity contribution in [2.75, 3.05) is 5.73 Å². The molecule has 3 heteroatoms. The molecule has 1 aromatic rings. The molecule has 0 aliphatic heterocycles. The van der Waals surface area contributed by atoms with Gasteiger partial charge in [-0.25, -0.2) is 0 Å². The lowest BCUT2D eigenvalue weighted by Gasteiger charge is -2.03. The number of benzene rings is 1. The number of hydrogen-bond donors (Lipinski definition) is 2. The first kappa shape index (κ1) is 7.75. The Balaban J connectivity index is 2.95. The summed E-state index contributed by atoms with van der Waals surface area (Å²) in [6.07, 6.45) is 0.689. The molecular formula is C8H10N2O. The fraction of sp³-hybridized carbons (Fsp3) is 0.125. The van der Waals surface area contributed by atoms with Crippen LogP contribution in [0, 0.1) is 0 Å². The van der Waals surface area contributed by atoms with Gasteiger partial charge in [0.25, 0.3) is 0 Å². The number of nitrogen functional groups attached to an aromatic ring is 1. The third kappa shape index (κ3) is 1.78. The van der Waals surface area contributed by atoms with Gasteiger partial charge in [0.05, 0.1) is 6.04 Å². The molecule has 0 aromatic heterocycles. The Hall–Kier alpha value is -1.35. The van der Waals surface area contributed by atoms with Gasteiger partial charge in [0.2, 0.25) is 0 Å². The third-order valence-electron chi connectivity index (χ3n) is 1.44. The summed E-state index contributed by atoms with van der Waals surface area (Å²) in [7, 11) is 0. The van der Waals surface area contributed by atoms with Crippen LogP contribution in [0.3, 0.4) is 0 Å². The quantitative estimate of drug-likeness (QED) is 0.475. The molecule has 0 aliphatic rings. The molecule has 0 amide bonds. The molecule has 58 valence electrons. The van der Waals surface area contributed by atoms with E-state index in [1.807, 2.05) is 0 Å². The van der Waals surface area contributed by atoms with Crippen molar-refractivity contribution in [3.8, 4) is 0 Å². The van der Waals surface area contributed by atoms with Gasteiger partial charge in [0.15, 0.2) is 0 Å². The minimum absolute atomic E-state index is 0.557. The second-order valence-corrected chi connectivity index (χ2v) is 2.33. The normalized spacial score (nSPS) is 12.5. The van der Waals surface area contributed by atoms with Crippen LogP contribution in [0.2, 0.25) is 0 Å². The monoisotopic (exact) mass is 150 g/mol. The fourth-order valence-corrected chi connectivity index (χ4v) is 0.845. The molecule has 0 fully saturated rings. The Morgan fingerprint density at radius 1 is 1.45 bits per heavy atom. The summed E-state index contributed by atoms with van der Waals surface area (Å²) >= 11 is 0. The van der Waals surface area contributed by atoms with E-state index in [1.54, 1.807) is 24.3 Å². The van der Waals surface area contributed by atoms with Crippen molar-refractivity contribution in [2.45, 2.75) is 6.04 Å². The van der Waals surface area contributed by atoms with E-state index < -0.39 is 6.04 Å². The van der Waals surface area contributed by atoms with Crippen LogP contribution < -0.4 is 11.5 Å². The van der Waals surface area contributed by atoms with Crippen molar-refractivity contribution >= 4 is 12.0 Å². The van der Waals surface area contributed by atoms with Crippen LogP contribution in [0.25, 0.3) is 0 Å². The average molecular weight is 150 g/mol. The number of carbonyl (C=O) groups excluding carboxylic acids is 1. The Kier molecular flexibility index (Phi) is 2.23. The molecular weight excluding hydrogens is 140 g/mol. The topological polar surface area (TPSA) is 69.1 Å². The summed E-state index contributed by atoms with van der Waals surface area (Å²) < 4.78 is 0. The number of hydrogen-bond acceptors (Lipinski definition) is 3. The van der Waals surface area contributed by atoms with Crippen molar-refractivity contribution < 1.29 is 4.79 Å². The fourth-order valence-electron chi connectivity index (χ4n) is 0.845. The molecule has 1 rings (SSSR count). The molecule has 1 unspecified atom stereocenters. The Morgan fingerprint density at radius 3 is 2.73 bits per heavy atom. The van der Waals surface area contributed by atoms with E-state index in [4.69, 9.17) is 11.5 Å². The first-order valence-electron chi connectivity index (χ1n) is 3.30. The van der Waals surface area contributed by atoms with Gasteiger partial charge in [0.1, 0.15) is 6.29 Å². The zero-order chi connectivity index (χ0) is 8.27. The standard InChI is InChI=1S/C8H10N2O/c9-7-3-1-2-6(4-7)8(10)5-11/h1-5,8H,9-10H2. The van der Waals surface area contributed by atoms with Gasteiger partial charge in [0, 0.05) is 5.69 Å². The maximum Gasteiger partial charge on any atom is 0.141 e. The highest BCUT2D eigenvalue weighted by Crippen LogP contribution is 2.11. The zero-order valence-corrected chi connectivity index (χ0v) is 6.03. The Morgan fingerprint density at radius 2 is 2.18 bits per heavy atom. The zero-order valence-electron chi connectivity index (χ0n) is 6.03. The minimum atomic E-state index is -0.557. The minimum Gasteiger partial charge on any atom is -0.399 e. The van der Waals surface area contributed by atoms with Gasteiger partial charge in [-0.2, -0.15) is 0 Å². The third-order valence-corrected chi connectivity index (χ3v) is 1.44. The molecule has 0 saturated carbocycles. The largest absolute Gasteiger partial charge is 0.399 e. The average Bonchev–Trinajstić information content (AvgIpc) is 2.03. The summed E-state index contributed by atoms with van der Waals surface area (Å²) in [5.74, 6) is 0. The lowest BCUT2D eigenvalue weighted by molar-refractivity contribution is -0.109. The molecule has 3 nitrogen and oxygen atoms in total. The lowest BCUT2D eigenvalue weighted by Crippen LogP contribution is -2.11. The maximum atomic E-state index is 10.3. The highest BCUT2D eigenvalue weighted by Gasteiger charge is 2.02. The SMILES string of the molecule is Nc1cccc(C(N)C=O)c1. The van der Waals surface area contributed by atoms with Gasteiger partial charge in [-0.05, 0) is 17.7 Å². The second-order valence-electron chi connectivity index (χ2n) is 2.33. The molecule has 1 atom stereocenters. The van der Waals surface area contributed by atoms with Crippen LogP contribution >= 0.6 is 0 Å². The number of anilines is 1. The summed E-state index contributed by atoms with van der Waals surface area (Å²) in [5, 5.41) is 0. The van der Waals surface area contributed by atoms with Crippen LogP contribution in [-0.2, 0) is 4.79 Å². The molecule has 0 bridgehead atoms. The van der Waals surface area contributed by atoms with E-state index in [-0.39, 0.29) is 0 Å². The molecule has 0 aliphatic carbocycles. The van der Waals surface area contributed by atoms with E-state index >= 15 is 0 Å². The predicted molar refractivity (Wildman–Crippen MR) is 43.8 cm³/mol. The first-order chi connectivity index (χ1) is 5.24. The lowest BCUT2D eigenvalue weighted by atomic mass is 10.1. The molecule has 0 saturated heterocycles. The first-order valence-corrected chi connectivity index (χ1v) is 3.30. The maximum absolute atomic E-state index is 10.3. The van der Waals surface area contributed by atoms with Gasteiger partial charge < -0.3 is 16.3 Å². The van der Waals surface area contributed by atoms with Crippen LogP contribution in [0.4, 0.5) is 5.69 Å². The van der Waals surface area contributed by atoms with Crippen molar-refractivity contribution in [1.29, 1.82) is 0 Å². The van der Waals surface area contributed by atoms with E-state index in [0.717, 1.165) is 5.56 Å². The van der Waals surface area contributed by atoms with Gasteiger partial charge in [-0.1, -0.05) is 12.1 Å².